The van der Waals surface area contributed by atoms with Gasteiger partial charge in [0.25, 0.3) is 0 Å². The Bertz CT molecular complexity index is 680. The van der Waals surface area contributed by atoms with Gasteiger partial charge in [-0.2, -0.15) is 4.31 Å². The van der Waals surface area contributed by atoms with Gasteiger partial charge in [0.2, 0.25) is 15.9 Å². The molecule has 1 saturated heterocycles. The number of carbonyl (C=O) groups excluding carboxylic acids is 1. The Kier molecular flexibility index (Phi) is 8.57. The molecule has 1 aliphatic heterocycles. The van der Waals surface area contributed by atoms with Crippen molar-refractivity contribution in [3.63, 3.8) is 0 Å². The van der Waals surface area contributed by atoms with Crippen LogP contribution in [0.4, 0.5) is 0 Å². The minimum atomic E-state index is -3.53. The fourth-order valence-electron chi connectivity index (χ4n) is 3.24. The molecule has 1 aromatic carbocycles. The average Bonchev–Trinajstić information content (AvgIpc) is 2.68. The van der Waals surface area contributed by atoms with E-state index in [0.717, 1.165) is 12.8 Å². The Labute approximate surface area is 163 Å². The number of hydrogen-bond donors (Lipinski definition) is 0. The molecule has 6 nitrogen and oxygen atoms in total. The molecule has 0 bridgehead atoms. The number of rotatable bonds is 10. The third-order valence-electron chi connectivity index (χ3n) is 4.86. The highest BCUT2D eigenvalue weighted by Crippen LogP contribution is 2.21. The van der Waals surface area contributed by atoms with Crippen molar-refractivity contribution in [1.29, 1.82) is 0 Å². The van der Waals surface area contributed by atoms with Crippen molar-refractivity contribution >= 4 is 15.9 Å². The summed E-state index contributed by atoms with van der Waals surface area (Å²) in [7, 11) is -3.53. The van der Waals surface area contributed by atoms with Crippen LogP contribution in [0.5, 0.6) is 5.75 Å². The second-order valence-corrected chi connectivity index (χ2v) is 8.79. The Balaban J connectivity index is 1.84. The Hall–Kier alpha value is -1.60. The molecule has 0 radical (unpaired) electrons. The summed E-state index contributed by atoms with van der Waals surface area (Å²) in [4.78, 5) is 14.4. The lowest BCUT2D eigenvalue weighted by Gasteiger charge is -2.34. The number of unbranched alkanes of at least 4 members (excludes halogenated alkanes) is 4. The summed E-state index contributed by atoms with van der Waals surface area (Å²) in [5.74, 6) is 0.801. The van der Waals surface area contributed by atoms with Crippen LogP contribution in [-0.2, 0) is 14.8 Å². The van der Waals surface area contributed by atoms with Gasteiger partial charge in [0.05, 0.1) is 11.5 Å². The summed E-state index contributed by atoms with van der Waals surface area (Å²) >= 11 is 0. The van der Waals surface area contributed by atoms with E-state index in [1.807, 2.05) is 6.92 Å². The number of benzene rings is 1. The zero-order valence-electron chi connectivity index (χ0n) is 16.5. The second-order valence-electron chi connectivity index (χ2n) is 6.85. The van der Waals surface area contributed by atoms with Crippen LogP contribution in [0.25, 0.3) is 0 Å². The van der Waals surface area contributed by atoms with Gasteiger partial charge in [-0.15, -0.1) is 0 Å². The van der Waals surface area contributed by atoms with Gasteiger partial charge < -0.3 is 9.64 Å². The van der Waals surface area contributed by atoms with Gasteiger partial charge in [0.15, 0.2) is 0 Å². The normalized spacial score (nSPS) is 15.7. The second kappa shape index (κ2) is 10.7. The van der Waals surface area contributed by atoms with Crippen molar-refractivity contribution in [1.82, 2.24) is 9.21 Å². The van der Waals surface area contributed by atoms with E-state index in [0.29, 0.717) is 45.0 Å². The van der Waals surface area contributed by atoms with Gasteiger partial charge in [-0.3, -0.25) is 4.79 Å². The first-order valence-electron chi connectivity index (χ1n) is 9.99. The topological polar surface area (TPSA) is 66.9 Å². The van der Waals surface area contributed by atoms with Gasteiger partial charge in [-0.25, -0.2) is 8.42 Å². The molecule has 0 aliphatic carbocycles. The van der Waals surface area contributed by atoms with E-state index < -0.39 is 10.0 Å². The van der Waals surface area contributed by atoms with Crippen LogP contribution in [0.3, 0.4) is 0 Å². The maximum atomic E-state index is 12.8. The predicted octanol–water partition coefficient (Wildman–Crippen LogP) is 3.28. The summed E-state index contributed by atoms with van der Waals surface area (Å²) in [6.07, 6.45) is 6.16. The summed E-state index contributed by atoms with van der Waals surface area (Å²) in [5.41, 5.74) is 0. The van der Waals surface area contributed by atoms with Crippen LogP contribution in [0, 0.1) is 0 Å². The van der Waals surface area contributed by atoms with Crippen LogP contribution >= 0.6 is 0 Å². The maximum absolute atomic E-state index is 12.8. The van der Waals surface area contributed by atoms with Gasteiger partial charge >= 0.3 is 0 Å². The van der Waals surface area contributed by atoms with E-state index in [1.54, 1.807) is 29.2 Å². The van der Waals surface area contributed by atoms with Crippen molar-refractivity contribution in [2.45, 2.75) is 57.3 Å². The molecule has 0 aromatic heterocycles. The Morgan fingerprint density at radius 1 is 0.963 bits per heavy atom. The molecule has 0 N–H and O–H groups in total. The molecule has 1 aromatic rings. The third-order valence-corrected chi connectivity index (χ3v) is 6.77. The summed E-state index contributed by atoms with van der Waals surface area (Å²) in [5, 5.41) is 0. The van der Waals surface area contributed by atoms with Crippen molar-refractivity contribution in [2.75, 3.05) is 32.8 Å². The largest absolute Gasteiger partial charge is 0.494 e. The summed E-state index contributed by atoms with van der Waals surface area (Å²) in [6.45, 7) is 6.21. The van der Waals surface area contributed by atoms with E-state index in [4.69, 9.17) is 4.74 Å². The molecule has 1 fully saturated rings. The minimum absolute atomic E-state index is 0.143. The van der Waals surface area contributed by atoms with Gasteiger partial charge in [-0.05, 0) is 37.6 Å². The summed E-state index contributed by atoms with van der Waals surface area (Å²) < 4.78 is 32.4. The average molecular weight is 397 g/mol. The van der Waals surface area contributed by atoms with E-state index in [1.165, 1.54) is 23.6 Å². The number of sulfonamides is 1. The number of piperazine rings is 1. The monoisotopic (exact) mass is 396 g/mol. The van der Waals surface area contributed by atoms with E-state index in [2.05, 4.69) is 6.92 Å². The van der Waals surface area contributed by atoms with Crippen molar-refractivity contribution in [3.8, 4) is 5.75 Å². The van der Waals surface area contributed by atoms with Crippen molar-refractivity contribution in [2.24, 2.45) is 0 Å². The molecule has 0 spiro atoms. The first kappa shape index (κ1) is 21.7. The van der Waals surface area contributed by atoms with Crippen molar-refractivity contribution < 1.29 is 17.9 Å². The molecule has 1 amide bonds. The fourth-order valence-corrected chi connectivity index (χ4v) is 4.66. The van der Waals surface area contributed by atoms with Crippen molar-refractivity contribution in [3.05, 3.63) is 24.3 Å². The molecule has 7 heteroatoms. The van der Waals surface area contributed by atoms with Crippen LogP contribution in [-0.4, -0.2) is 56.3 Å². The van der Waals surface area contributed by atoms with Crippen LogP contribution in [0.1, 0.15) is 52.4 Å². The zero-order valence-corrected chi connectivity index (χ0v) is 17.3. The minimum Gasteiger partial charge on any atom is -0.494 e. The highest BCUT2D eigenvalue weighted by Gasteiger charge is 2.29. The molecule has 1 heterocycles. The Morgan fingerprint density at radius 2 is 1.59 bits per heavy atom. The Morgan fingerprint density at radius 3 is 2.19 bits per heavy atom. The lowest BCUT2D eigenvalue weighted by molar-refractivity contribution is -0.132. The first-order valence-corrected chi connectivity index (χ1v) is 11.4. The van der Waals surface area contributed by atoms with Crippen LogP contribution in [0.2, 0.25) is 0 Å². The van der Waals surface area contributed by atoms with Crippen LogP contribution in [0.15, 0.2) is 29.2 Å². The number of carbonyl (C=O) groups is 1. The molecule has 2 rings (SSSR count). The van der Waals surface area contributed by atoms with E-state index >= 15 is 0 Å². The highest BCUT2D eigenvalue weighted by atomic mass is 32.2. The molecular weight excluding hydrogens is 364 g/mol. The first-order chi connectivity index (χ1) is 13.0. The molecule has 152 valence electrons. The fraction of sp³-hybridized carbons (Fsp3) is 0.650. The van der Waals surface area contributed by atoms with Crippen LogP contribution < -0.4 is 4.74 Å². The third kappa shape index (κ3) is 6.21. The van der Waals surface area contributed by atoms with Gasteiger partial charge in [-0.1, -0.05) is 32.6 Å². The molecular formula is C20H32N2O4S. The smallest absolute Gasteiger partial charge is 0.243 e. The standard InChI is InChI=1S/C20H32N2O4S/c1-3-5-6-7-8-9-20(23)21-14-16-22(17-15-21)27(24,25)19-12-10-18(11-13-19)26-4-2/h10-13H,3-9,14-17H2,1-2H3. The number of ether oxygens (including phenoxy) is 1. The van der Waals surface area contributed by atoms with Gasteiger partial charge in [0, 0.05) is 32.6 Å². The zero-order chi connectivity index (χ0) is 19.7. The molecule has 0 unspecified atom stereocenters. The maximum Gasteiger partial charge on any atom is 0.243 e. The van der Waals surface area contributed by atoms with E-state index in [9.17, 15) is 13.2 Å². The molecule has 1 aliphatic rings. The highest BCUT2D eigenvalue weighted by molar-refractivity contribution is 7.89. The predicted molar refractivity (Wildman–Crippen MR) is 106 cm³/mol. The molecule has 0 saturated carbocycles. The number of hydrogen-bond acceptors (Lipinski definition) is 4. The lowest BCUT2D eigenvalue weighted by Crippen LogP contribution is -2.50. The SMILES string of the molecule is CCCCCCCC(=O)N1CCN(S(=O)(=O)c2ccc(OCC)cc2)CC1. The quantitative estimate of drug-likeness (QED) is 0.569. The summed E-state index contributed by atoms with van der Waals surface area (Å²) in [6, 6.07) is 6.51. The van der Waals surface area contributed by atoms with E-state index in [-0.39, 0.29) is 10.8 Å². The number of amides is 1. The lowest BCUT2D eigenvalue weighted by atomic mass is 10.1. The molecule has 0 atom stereocenters. The number of nitrogens with zero attached hydrogens (tertiary/aromatic N) is 2. The van der Waals surface area contributed by atoms with Gasteiger partial charge in [0.1, 0.15) is 5.75 Å². The molecule has 27 heavy (non-hydrogen) atoms.